The number of urea groups is 2. The number of hydrogen-bond acceptors (Lipinski definition) is 11. The highest BCUT2D eigenvalue weighted by molar-refractivity contribution is 8.14. The molecule has 0 saturated heterocycles. The molecule has 0 atom stereocenters. The van der Waals surface area contributed by atoms with Crippen LogP contribution in [0.5, 0.6) is 0 Å². The predicted molar refractivity (Wildman–Crippen MR) is 191 cm³/mol. The van der Waals surface area contributed by atoms with E-state index < -0.39 is 0 Å². The van der Waals surface area contributed by atoms with Crippen LogP contribution in [-0.4, -0.2) is 98.0 Å². The van der Waals surface area contributed by atoms with Gasteiger partial charge in [-0.3, -0.25) is 4.79 Å². The highest BCUT2D eigenvalue weighted by Gasteiger charge is 2.28. The van der Waals surface area contributed by atoms with E-state index >= 15 is 0 Å². The molecule has 0 unspecified atom stereocenters. The molecule has 12 nitrogen and oxygen atoms in total. The van der Waals surface area contributed by atoms with Crippen molar-refractivity contribution in [2.24, 2.45) is 0 Å². The fourth-order valence-corrected chi connectivity index (χ4v) is 9.77. The first-order chi connectivity index (χ1) is 23.1. The number of amides is 4. The van der Waals surface area contributed by atoms with Crippen molar-refractivity contribution in [3.63, 3.8) is 0 Å². The molecule has 1 aromatic carbocycles. The van der Waals surface area contributed by atoms with Gasteiger partial charge in [0.05, 0.1) is 23.9 Å². The van der Waals surface area contributed by atoms with E-state index in [1.165, 1.54) is 39.0 Å². The van der Waals surface area contributed by atoms with Gasteiger partial charge in [0, 0.05) is 68.0 Å². The fraction of sp³-hybridized carbons (Fsp3) is 0.344. The maximum atomic E-state index is 12.3. The number of anilines is 2. The molecule has 4 aromatic heterocycles. The summed E-state index contributed by atoms with van der Waals surface area (Å²) in [5.41, 5.74) is 4.41. The van der Waals surface area contributed by atoms with Crippen molar-refractivity contribution in [3.05, 3.63) is 62.5 Å². The topological polar surface area (TPSA) is 128 Å². The Labute approximate surface area is 294 Å². The van der Waals surface area contributed by atoms with E-state index in [9.17, 15) is 14.4 Å². The lowest BCUT2D eigenvalue weighted by molar-refractivity contribution is -0.110. The van der Waals surface area contributed by atoms with Crippen LogP contribution in [0.3, 0.4) is 0 Å². The van der Waals surface area contributed by atoms with Crippen LogP contribution < -0.4 is 5.32 Å². The van der Waals surface area contributed by atoms with Crippen LogP contribution >= 0.6 is 46.0 Å². The van der Waals surface area contributed by atoms with Crippen LogP contribution in [0, 0.1) is 0 Å². The molecule has 248 valence electrons. The molecule has 0 bridgehead atoms. The smallest absolute Gasteiger partial charge is 0.319 e. The van der Waals surface area contributed by atoms with Crippen LogP contribution in [0.15, 0.2) is 35.7 Å². The molecule has 0 radical (unpaired) electrons. The Kier molecular flexibility index (Phi) is 8.87. The average molecular weight is 722 g/mol. The maximum absolute atomic E-state index is 12.3. The molecule has 4 amide bonds. The van der Waals surface area contributed by atoms with E-state index in [-0.39, 0.29) is 17.2 Å². The zero-order valence-electron chi connectivity index (χ0n) is 26.7. The summed E-state index contributed by atoms with van der Waals surface area (Å²) in [5.74, 6) is 0.772. The molecule has 0 spiro atoms. The minimum atomic E-state index is 0.0303. The van der Waals surface area contributed by atoms with E-state index in [0.717, 1.165) is 55.2 Å². The first kappa shape index (κ1) is 32.5. The molecule has 48 heavy (non-hydrogen) atoms. The Balaban J connectivity index is 0.000000166. The minimum Gasteiger partial charge on any atom is -0.340 e. The average Bonchev–Trinajstić information content (AvgIpc) is 3.75. The van der Waals surface area contributed by atoms with E-state index in [1.54, 1.807) is 67.0 Å². The zero-order valence-corrected chi connectivity index (χ0v) is 29.9. The number of thiophene rings is 2. The molecule has 1 N–H and O–H groups in total. The van der Waals surface area contributed by atoms with Gasteiger partial charge in [-0.25, -0.2) is 29.5 Å². The van der Waals surface area contributed by atoms with Gasteiger partial charge >= 0.3 is 12.1 Å². The lowest BCUT2D eigenvalue weighted by Crippen LogP contribution is -2.41. The van der Waals surface area contributed by atoms with Crippen molar-refractivity contribution in [3.8, 4) is 0 Å². The van der Waals surface area contributed by atoms with Crippen LogP contribution in [0.4, 0.5) is 21.1 Å². The van der Waals surface area contributed by atoms with Crippen LogP contribution in [-0.2, 0) is 37.1 Å². The zero-order chi connectivity index (χ0) is 33.7. The first-order valence-corrected chi connectivity index (χ1v) is 18.1. The molecule has 0 saturated carbocycles. The number of benzene rings is 1. The number of aromatic nitrogens is 4. The van der Waals surface area contributed by atoms with Crippen molar-refractivity contribution in [1.82, 2.24) is 39.5 Å². The van der Waals surface area contributed by atoms with E-state index in [2.05, 4.69) is 25.3 Å². The van der Waals surface area contributed by atoms with E-state index in [4.69, 9.17) is 11.6 Å². The number of carbonyl (C=O) groups excluding carboxylic acids is 3. The summed E-state index contributed by atoms with van der Waals surface area (Å²) in [6, 6.07) is 6.07. The highest BCUT2D eigenvalue weighted by atomic mass is 35.5. The molecule has 3 aliphatic rings. The van der Waals surface area contributed by atoms with Gasteiger partial charge in [0.15, 0.2) is 5.12 Å². The number of rotatable bonds is 2. The Morgan fingerprint density at radius 3 is 2.04 bits per heavy atom. The third-order valence-corrected chi connectivity index (χ3v) is 11.9. The van der Waals surface area contributed by atoms with E-state index in [1.807, 2.05) is 28.0 Å². The summed E-state index contributed by atoms with van der Waals surface area (Å²) in [6.45, 7) is 2.62. The van der Waals surface area contributed by atoms with Gasteiger partial charge < -0.3 is 24.9 Å². The predicted octanol–water partition coefficient (Wildman–Crippen LogP) is 6.03. The number of carbonyl (C=O) groups is 3. The monoisotopic (exact) mass is 721 g/mol. The summed E-state index contributed by atoms with van der Waals surface area (Å²) in [5, 5.41) is 6.11. The standard InChI is InChI=1S/C20H19N5O2S2.C12H13ClN4OS/c1-24(2)20(27)25-6-5-13-15(9-25)29-19-17(13)18(21-10-22-19)23-12-4-3-11-7-16(26)28-14(11)8-12;1-16(2)12(18)17-4-3-7-8(5-17)19-11-9(7)10(13)14-6-15-11/h3-4,8,10H,5-7,9H2,1-2H3,(H,21,22,23);6H,3-5H2,1-2H3. The Bertz CT molecular complexity index is 2100. The Morgan fingerprint density at radius 1 is 0.833 bits per heavy atom. The van der Waals surface area contributed by atoms with Gasteiger partial charge in [-0.2, -0.15) is 0 Å². The van der Waals surface area contributed by atoms with Crippen molar-refractivity contribution in [1.29, 1.82) is 0 Å². The first-order valence-electron chi connectivity index (χ1n) is 15.3. The van der Waals surface area contributed by atoms with Crippen molar-refractivity contribution in [2.45, 2.75) is 37.2 Å². The van der Waals surface area contributed by atoms with Gasteiger partial charge in [-0.05, 0) is 41.7 Å². The van der Waals surface area contributed by atoms with Gasteiger partial charge in [0.25, 0.3) is 0 Å². The molecular weight excluding hydrogens is 690 g/mol. The van der Waals surface area contributed by atoms with Crippen molar-refractivity contribution >= 4 is 95.2 Å². The normalized spacial score (nSPS) is 15.1. The lowest BCUT2D eigenvalue weighted by Gasteiger charge is -2.29. The number of halogens is 1. The van der Waals surface area contributed by atoms with Gasteiger partial charge in [0.1, 0.15) is 33.3 Å². The summed E-state index contributed by atoms with van der Waals surface area (Å²) >= 11 is 10.7. The van der Waals surface area contributed by atoms with Gasteiger partial charge in [-0.15, -0.1) is 22.7 Å². The number of nitrogens with zero attached hydrogens (tertiary/aromatic N) is 8. The minimum absolute atomic E-state index is 0.0303. The SMILES string of the molecule is CN(C)C(=O)N1CCc2c(sc3ncnc(Cl)c23)C1.CN(C)C(=O)N1CCc2c(sc3ncnc(Nc4ccc5c(c4)SC(=O)C5)c23)C1. The van der Waals surface area contributed by atoms with Crippen LogP contribution in [0.25, 0.3) is 20.4 Å². The lowest BCUT2D eigenvalue weighted by atomic mass is 10.0. The summed E-state index contributed by atoms with van der Waals surface area (Å²) in [7, 11) is 7.09. The second-order valence-corrected chi connectivity index (χ2v) is 15.7. The quantitative estimate of drug-likeness (QED) is 0.217. The Morgan fingerprint density at radius 2 is 1.42 bits per heavy atom. The molecule has 5 aromatic rings. The molecule has 3 aliphatic heterocycles. The number of hydrogen-bond donors (Lipinski definition) is 1. The molecule has 0 aliphatic carbocycles. The van der Waals surface area contributed by atoms with Crippen LogP contribution in [0.1, 0.15) is 26.4 Å². The molecule has 8 rings (SSSR count). The van der Waals surface area contributed by atoms with E-state index in [0.29, 0.717) is 37.8 Å². The third kappa shape index (κ3) is 6.15. The van der Waals surface area contributed by atoms with Crippen molar-refractivity contribution < 1.29 is 14.4 Å². The second-order valence-electron chi connectivity index (χ2n) is 12.1. The number of thioether (sulfide) groups is 1. The number of fused-ring (bicyclic) bond motifs is 7. The summed E-state index contributed by atoms with van der Waals surface area (Å²) in [6.07, 6.45) is 5.14. The Hall–Kier alpha value is -4.05. The van der Waals surface area contributed by atoms with Gasteiger partial charge in [-0.1, -0.05) is 29.4 Å². The van der Waals surface area contributed by atoms with Gasteiger partial charge in [0.2, 0.25) is 0 Å². The molecule has 16 heteroatoms. The largest absolute Gasteiger partial charge is 0.340 e. The highest BCUT2D eigenvalue weighted by Crippen LogP contribution is 2.40. The fourth-order valence-electron chi connectivity index (χ4n) is 6.13. The summed E-state index contributed by atoms with van der Waals surface area (Å²) in [4.78, 5) is 65.4. The molecule has 0 fully saturated rings. The van der Waals surface area contributed by atoms with Crippen LogP contribution in [0.2, 0.25) is 5.15 Å². The molecule has 7 heterocycles. The second kappa shape index (κ2) is 13.1. The van der Waals surface area contributed by atoms with Crippen molar-refractivity contribution in [2.75, 3.05) is 46.6 Å². The maximum Gasteiger partial charge on any atom is 0.319 e. The number of nitrogens with one attached hydrogen (secondary N) is 1. The third-order valence-electron chi connectivity index (χ3n) is 8.42. The summed E-state index contributed by atoms with van der Waals surface area (Å²) < 4.78 is 0. The molecular formula is C32H32ClN9O3S3.